The van der Waals surface area contributed by atoms with Crippen molar-refractivity contribution in [1.82, 2.24) is 0 Å². The van der Waals surface area contributed by atoms with Crippen LogP contribution >= 0.6 is 0 Å². The average molecular weight is 641 g/mol. The Kier molecular flexibility index (Phi) is 9.29. The van der Waals surface area contributed by atoms with E-state index in [0.717, 1.165) is 24.8 Å². The molecule has 1 saturated carbocycles. The highest BCUT2D eigenvalue weighted by Gasteiger charge is 2.58. The predicted molar refractivity (Wildman–Crippen MR) is 154 cm³/mol. The van der Waals surface area contributed by atoms with Crippen LogP contribution in [0.25, 0.3) is 0 Å². The monoisotopic (exact) mass is 640 g/mol. The molecule has 2 saturated heterocycles. The summed E-state index contributed by atoms with van der Waals surface area (Å²) < 4.78 is 35.5. The number of ether oxygens (including phenoxy) is 6. The van der Waals surface area contributed by atoms with Gasteiger partial charge < -0.3 is 59.1 Å². The maximum atomic E-state index is 11.7. The molecule has 14 atom stereocenters. The summed E-state index contributed by atoms with van der Waals surface area (Å²) in [6, 6.07) is 0. The molecular formula is C32H48O13. The molecule has 0 aromatic heterocycles. The molecule has 0 spiro atoms. The van der Waals surface area contributed by atoms with Gasteiger partial charge in [0.2, 0.25) is 0 Å². The Morgan fingerprint density at radius 1 is 0.911 bits per heavy atom. The lowest BCUT2D eigenvalue weighted by Crippen LogP contribution is -2.65. The van der Waals surface area contributed by atoms with Crippen molar-refractivity contribution in [2.45, 2.75) is 133 Å². The van der Waals surface area contributed by atoms with E-state index in [2.05, 4.69) is 20.8 Å². The lowest BCUT2D eigenvalue weighted by molar-refractivity contribution is -0.375. The zero-order valence-electron chi connectivity index (χ0n) is 26.3. The van der Waals surface area contributed by atoms with Gasteiger partial charge >= 0.3 is 5.97 Å². The van der Waals surface area contributed by atoms with Crippen molar-refractivity contribution in [3.63, 3.8) is 0 Å². The smallest absolute Gasteiger partial charge is 0.331 e. The molecule has 0 bridgehead atoms. The fourth-order valence-corrected chi connectivity index (χ4v) is 8.74. The second-order valence-corrected chi connectivity index (χ2v) is 14.4. The number of cyclic esters (lactones) is 1. The van der Waals surface area contributed by atoms with Gasteiger partial charge in [0, 0.05) is 11.6 Å². The molecule has 4 aliphatic heterocycles. The van der Waals surface area contributed by atoms with Gasteiger partial charge in [-0.25, -0.2) is 4.79 Å². The lowest BCUT2D eigenvalue weighted by atomic mass is 9.48. The van der Waals surface area contributed by atoms with Crippen LogP contribution in [0, 0.1) is 16.7 Å². The number of hydrogen-bond acceptors (Lipinski definition) is 13. The Morgan fingerprint density at radius 3 is 2.36 bits per heavy atom. The van der Waals surface area contributed by atoms with Crippen LogP contribution in [-0.2, 0) is 33.2 Å². The zero-order valence-corrected chi connectivity index (χ0v) is 26.3. The van der Waals surface area contributed by atoms with Gasteiger partial charge in [0.05, 0.1) is 31.5 Å². The Bertz CT molecular complexity index is 1190. The third kappa shape index (κ3) is 5.82. The number of fused-ring (bicyclic) bond motifs is 2. The minimum absolute atomic E-state index is 0.136. The number of esters is 1. The topological polar surface area (TPSA) is 194 Å². The first kappa shape index (κ1) is 33.4. The summed E-state index contributed by atoms with van der Waals surface area (Å²) >= 11 is 0. The molecular weight excluding hydrogens is 592 g/mol. The second-order valence-electron chi connectivity index (χ2n) is 14.4. The quantitative estimate of drug-likeness (QED) is 0.166. The van der Waals surface area contributed by atoms with Gasteiger partial charge in [-0.05, 0) is 61.3 Å². The number of carbonyl (C=O) groups is 1. The second kappa shape index (κ2) is 12.5. The van der Waals surface area contributed by atoms with E-state index >= 15 is 0 Å². The van der Waals surface area contributed by atoms with Gasteiger partial charge in [0.1, 0.15) is 49.3 Å². The molecule has 2 aliphatic carbocycles. The van der Waals surface area contributed by atoms with Gasteiger partial charge in [0.25, 0.3) is 0 Å². The number of rotatable bonds is 6. The molecule has 0 radical (unpaired) electrons. The fraction of sp³-hybridized carbons (Fsp3) is 0.844. The highest BCUT2D eigenvalue weighted by Crippen LogP contribution is 2.62. The van der Waals surface area contributed by atoms with Crippen molar-refractivity contribution in [3.05, 3.63) is 22.8 Å². The third-order valence-electron chi connectivity index (χ3n) is 11.4. The van der Waals surface area contributed by atoms with Crippen molar-refractivity contribution in [2.75, 3.05) is 19.8 Å². The van der Waals surface area contributed by atoms with Crippen LogP contribution in [0.15, 0.2) is 22.8 Å². The third-order valence-corrected chi connectivity index (χ3v) is 11.4. The van der Waals surface area contributed by atoms with Crippen molar-refractivity contribution >= 4 is 5.97 Å². The Labute approximate surface area is 262 Å². The van der Waals surface area contributed by atoms with Crippen LogP contribution in [0.2, 0.25) is 0 Å². The van der Waals surface area contributed by atoms with Gasteiger partial charge in [-0.1, -0.05) is 26.3 Å². The summed E-state index contributed by atoms with van der Waals surface area (Å²) in [5.74, 6) is -0.120. The largest absolute Gasteiger partial charge is 0.458 e. The maximum Gasteiger partial charge on any atom is 0.331 e. The van der Waals surface area contributed by atoms with Crippen LogP contribution in [0.4, 0.5) is 0 Å². The number of hydrogen-bond donors (Lipinski definition) is 6. The molecule has 6 N–H and O–H groups in total. The van der Waals surface area contributed by atoms with Crippen molar-refractivity contribution < 1.29 is 63.9 Å². The van der Waals surface area contributed by atoms with Crippen LogP contribution in [0.5, 0.6) is 0 Å². The fourth-order valence-electron chi connectivity index (χ4n) is 8.74. The van der Waals surface area contributed by atoms with Crippen LogP contribution in [-0.4, -0.2) is 130 Å². The Morgan fingerprint density at radius 2 is 1.67 bits per heavy atom. The summed E-state index contributed by atoms with van der Waals surface area (Å²) in [6.07, 6.45) is -8.74. The van der Waals surface area contributed by atoms with E-state index < -0.39 is 68.0 Å². The van der Waals surface area contributed by atoms with Crippen molar-refractivity contribution in [2.24, 2.45) is 16.7 Å². The van der Waals surface area contributed by atoms with E-state index in [0.29, 0.717) is 19.4 Å². The minimum atomic E-state index is -1.64. The molecule has 13 heteroatoms. The highest BCUT2D eigenvalue weighted by atomic mass is 16.8. The number of aliphatic hydroxyl groups is 6. The Hall–Kier alpha value is -1.49. The summed E-state index contributed by atoms with van der Waals surface area (Å²) in [5, 5.41) is 62.7. The van der Waals surface area contributed by atoms with Crippen molar-refractivity contribution in [1.29, 1.82) is 0 Å². The maximum absolute atomic E-state index is 11.7. The number of carbonyl (C=O) groups excluding carboxylic acids is 1. The molecule has 254 valence electrons. The van der Waals surface area contributed by atoms with E-state index in [1.165, 1.54) is 18.1 Å². The zero-order chi connectivity index (χ0) is 32.4. The van der Waals surface area contributed by atoms with Gasteiger partial charge in [-0.3, -0.25) is 0 Å². The first-order valence-electron chi connectivity index (χ1n) is 16.1. The van der Waals surface area contributed by atoms with Crippen LogP contribution in [0.1, 0.15) is 59.8 Å². The molecule has 0 amide bonds. The molecule has 45 heavy (non-hydrogen) atoms. The summed E-state index contributed by atoms with van der Waals surface area (Å²) in [7, 11) is 0. The average Bonchev–Trinajstić information content (AvgIpc) is 3.45. The SMILES string of the molecule is C[C@@H]1O[C@@H](O[C@H]2[C@H](O[C@H]3CC[C@]4(C)C5=C(CC[C@@H]4C3(C)C)CO[C@@H](C3=CC(=O)OC3)C5)O[C@H](CO)[C@@H](O)[C@@H]2O)[C@H](O)[C@H](O)[C@H]1O. The van der Waals surface area contributed by atoms with Gasteiger partial charge in [-0.2, -0.15) is 0 Å². The normalized spacial score (nSPS) is 48.4. The van der Waals surface area contributed by atoms with Gasteiger partial charge in [0.15, 0.2) is 12.6 Å². The van der Waals surface area contributed by atoms with Crippen LogP contribution < -0.4 is 0 Å². The molecule has 6 aliphatic rings. The van der Waals surface area contributed by atoms with E-state index in [1.807, 2.05) is 0 Å². The summed E-state index contributed by atoms with van der Waals surface area (Å²) in [5.41, 5.74) is 3.06. The highest BCUT2D eigenvalue weighted by molar-refractivity contribution is 5.85. The summed E-state index contributed by atoms with van der Waals surface area (Å²) in [6.45, 7) is 8.37. The van der Waals surface area contributed by atoms with Crippen molar-refractivity contribution in [3.8, 4) is 0 Å². The molecule has 4 heterocycles. The molecule has 6 rings (SSSR count). The van der Waals surface area contributed by atoms with E-state index in [4.69, 9.17) is 28.4 Å². The molecule has 3 fully saturated rings. The molecule has 0 aromatic carbocycles. The number of aliphatic hydroxyl groups excluding tert-OH is 6. The molecule has 13 nitrogen and oxygen atoms in total. The predicted octanol–water partition coefficient (Wildman–Crippen LogP) is -0.172. The Balaban J connectivity index is 1.21. The van der Waals surface area contributed by atoms with E-state index in [-0.39, 0.29) is 41.5 Å². The van der Waals surface area contributed by atoms with Crippen LogP contribution in [0.3, 0.4) is 0 Å². The standard InChI is InChI=1S/C32H48O13/c1-14-23(35)25(37)27(39)29(42-14)45-28-26(38)24(36)19(11-33)43-30(28)44-21-7-8-32(4)17-10-18(16-9-22(34)41-13-16)40-12-15(17)5-6-20(32)31(21,2)3/h9,14,18-21,23-30,33,35-39H,5-8,10-13H2,1-4H3/t14-,18+,19+,20+,21-,23-,24+,25+,26-,27+,28+,29-,30-,32+/m0/s1. The van der Waals surface area contributed by atoms with E-state index in [9.17, 15) is 35.4 Å². The first-order chi connectivity index (χ1) is 21.3. The van der Waals surface area contributed by atoms with Gasteiger partial charge in [-0.15, -0.1) is 0 Å². The minimum Gasteiger partial charge on any atom is -0.458 e. The summed E-state index contributed by atoms with van der Waals surface area (Å²) in [4.78, 5) is 11.7. The molecule has 0 unspecified atom stereocenters. The van der Waals surface area contributed by atoms with E-state index in [1.54, 1.807) is 6.08 Å². The molecule has 0 aromatic rings. The first-order valence-corrected chi connectivity index (χ1v) is 16.1. The lowest BCUT2D eigenvalue weighted by Gasteiger charge is -2.59.